The first-order valence-electron chi connectivity index (χ1n) is 5.86. The molecule has 0 aromatic carbocycles. The van der Waals surface area contributed by atoms with Gasteiger partial charge in [-0.05, 0) is 32.6 Å². The lowest BCUT2D eigenvalue weighted by Crippen LogP contribution is -2.38. The van der Waals surface area contributed by atoms with Crippen molar-refractivity contribution in [3.63, 3.8) is 0 Å². The summed E-state index contributed by atoms with van der Waals surface area (Å²) in [4.78, 5) is 11.5. The van der Waals surface area contributed by atoms with Gasteiger partial charge in [-0.1, -0.05) is 20.8 Å². The Balaban J connectivity index is 3.80. The Morgan fingerprint density at radius 1 is 1.27 bits per heavy atom. The van der Waals surface area contributed by atoms with E-state index in [2.05, 4.69) is 26.1 Å². The number of carbonyl (C=O) groups excluding carboxylic acids is 1. The normalized spacial score (nSPS) is 13.3. The molecule has 0 saturated heterocycles. The second kappa shape index (κ2) is 7.69. The van der Waals surface area contributed by atoms with Gasteiger partial charge in [0.05, 0.1) is 6.10 Å². The number of ether oxygens (including phenoxy) is 1. The summed E-state index contributed by atoms with van der Waals surface area (Å²) in [5, 5.41) is 2.99. The average Bonchev–Trinajstić information content (AvgIpc) is 2.13. The van der Waals surface area contributed by atoms with E-state index in [0.717, 1.165) is 12.8 Å². The third-order valence-electron chi connectivity index (χ3n) is 2.16. The molecule has 0 aromatic rings. The van der Waals surface area contributed by atoms with Crippen LogP contribution in [0.5, 0.6) is 0 Å². The highest BCUT2D eigenvalue weighted by Gasteiger charge is 2.12. The van der Waals surface area contributed by atoms with Gasteiger partial charge in [0.1, 0.15) is 6.61 Å². The summed E-state index contributed by atoms with van der Waals surface area (Å²) in [5.41, 5.74) is 0. The van der Waals surface area contributed by atoms with Crippen molar-refractivity contribution in [3.05, 3.63) is 0 Å². The van der Waals surface area contributed by atoms with Crippen LogP contribution >= 0.6 is 0 Å². The van der Waals surface area contributed by atoms with Gasteiger partial charge in [0.15, 0.2) is 0 Å². The van der Waals surface area contributed by atoms with Crippen LogP contribution in [0.15, 0.2) is 0 Å². The zero-order valence-corrected chi connectivity index (χ0v) is 10.7. The highest BCUT2D eigenvalue weighted by atomic mass is 16.5. The highest BCUT2D eigenvalue weighted by Crippen LogP contribution is 2.07. The average molecular weight is 215 g/mol. The summed E-state index contributed by atoms with van der Waals surface area (Å²) >= 11 is 0. The predicted molar refractivity (Wildman–Crippen MR) is 62.8 cm³/mol. The molecule has 1 unspecified atom stereocenters. The van der Waals surface area contributed by atoms with E-state index in [-0.39, 0.29) is 24.7 Å². The van der Waals surface area contributed by atoms with Gasteiger partial charge in [0.2, 0.25) is 5.91 Å². The zero-order chi connectivity index (χ0) is 11.8. The van der Waals surface area contributed by atoms with Gasteiger partial charge in [-0.25, -0.2) is 0 Å². The molecule has 3 nitrogen and oxygen atoms in total. The molecule has 1 N–H and O–H groups in total. The molecule has 0 aromatic heterocycles. The van der Waals surface area contributed by atoms with Crippen molar-refractivity contribution >= 4 is 5.91 Å². The van der Waals surface area contributed by atoms with Crippen LogP contribution < -0.4 is 5.32 Å². The molecule has 0 rings (SSSR count). The van der Waals surface area contributed by atoms with E-state index in [1.165, 1.54) is 0 Å². The maximum Gasteiger partial charge on any atom is 0.246 e. The number of amides is 1. The van der Waals surface area contributed by atoms with E-state index < -0.39 is 0 Å². The van der Waals surface area contributed by atoms with Crippen LogP contribution in [0.2, 0.25) is 0 Å². The zero-order valence-electron chi connectivity index (χ0n) is 10.7. The Labute approximate surface area is 93.6 Å². The lowest BCUT2D eigenvalue weighted by Gasteiger charge is -2.19. The molecule has 3 heteroatoms. The van der Waals surface area contributed by atoms with E-state index in [4.69, 9.17) is 4.74 Å². The fraction of sp³-hybridized carbons (Fsp3) is 0.917. The molecule has 0 heterocycles. The van der Waals surface area contributed by atoms with Crippen LogP contribution in [0.3, 0.4) is 0 Å². The van der Waals surface area contributed by atoms with Crippen LogP contribution in [0.25, 0.3) is 0 Å². The first-order valence-corrected chi connectivity index (χ1v) is 5.86. The van der Waals surface area contributed by atoms with Gasteiger partial charge < -0.3 is 10.1 Å². The minimum atomic E-state index is -0.00352. The smallest absolute Gasteiger partial charge is 0.246 e. The standard InChI is InChI=1S/C12H25NO2/c1-6-11(7-9(2)3)13-12(14)8-15-10(4)5/h9-11H,6-8H2,1-5H3,(H,13,14). The Bertz CT molecular complexity index is 178. The van der Waals surface area contributed by atoms with Crippen molar-refractivity contribution in [1.29, 1.82) is 0 Å². The summed E-state index contributed by atoms with van der Waals surface area (Å²) in [7, 11) is 0. The van der Waals surface area contributed by atoms with E-state index in [1.807, 2.05) is 13.8 Å². The van der Waals surface area contributed by atoms with Crippen LogP contribution in [0.4, 0.5) is 0 Å². The van der Waals surface area contributed by atoms with Gasteiger partial charge in [0, 0.05) is 6.04 Å². The van der Waals surface area contributed by atoms with Gasteiger partial charge in [-0.3, -0.25) is 4.79 Å². The van der Waals surface area contributed by atoms with Gasteiger partial charge >= 0.3 is 0 Å². The second-order valence-electron chi connectivity index (χ2n) is 4.66. The predicted octanol–water partition coefficient (Wildman–Crippen LogP) is 2.35. The molecule has 1 amide bonds. The largest absolute Gasteiger partial charge is 0.369 e. The molecule has 0 fully saturated rings. The van der Waals surface area contributed by atoms with Crippen molar-refractivity contribution in [1.82, 2.24) is 5.32 Å². The van der Waals surface area contributed by atoms with E-state index >= 15 is 0 Å². The minimum Gasteiger partial charge on any atom is -0.369 e. The molecular formula is C12H25NO2. The van der Waals surface area contributed by atoms with Crippen molar-refractivity contribution < 1.29 is 9.53 Å². The third kappa shape index (κ3) is 8.43. The van der Waals surface area contributed by atoms with Crippen molar-refractivity contribution in [2.45, 2.75) is 59.6 Å². The number of hydrogen-bond acceptors (Lipinski definition) is 2. The lowest BCUT2D eigenvalue weighted by molar-refractivity contribution is -0.127. The van der Waals surface area contributed by atoms with E-state index in [9.17, 15) is 4.79 Å². The van der Waals surface area contributed by atoms with Crippen LogP contribution in [0.1, 0.15) is 47.5 Å². The second-order valence-corrected chi connectivity index (χ2v) is 4.66. The fourth-order valence-corrected chi connectivity index (χ4v) is 1.41. The molecule has 0 spiro atoms. The molecule has 0 radical (unpaired) electrons. The molecule has 1 atom stereocenters. The molecule has 0 aliphatic heterocycles. The van der Waals surface area contributed by atoms with Crippen LogP contribution in [-0.4, -0.2) is 24.7 Å². The summed E-state index contributed by atoms with van der Waals surface area (Å²) in [6.45, 7) is 10.5. The first-order chi connectivity index (χ1) is 6.95. The topological polar surface area (TPSA) is 38.3 Å². The highest BCUT2D eigenvalue weighted by molar-refractivity contribution is 5.77. The molecule has 0 aliphatic carbocycles. The Morgan fingerprint density at radius 3 is 2.27 bits per heavy atom. The van der Waals surface area contributed by atoms with Gasteiger partial charge in [-0.15, -0.1) is 0 Å². The lowest BCUT2D eigenvalue weighted by atomic mass is 10.0. The molecular weight excluding hydrogens is 190 g/mol. The number of nitrogens with one attached hydrogen (secondary N) is 1. The third-order valence-corrected chi connectivity index (χ3v) is 2.16. The van der Waals surface area contributed by atoms with E-state index in [0.29, 0.717) is 5.92 Å². The Hall–Kier alpha value is -0.570. The molecule has 0 aliphatic rings. The summed E-state index contributed by atoms with van der Waals surface area (Å²) < 4.78 is 5.24. The first kappa shape index (κ1) is 14.4. The Morgan fingerprint density at radius 2 is 1.87 bits per heavy atom. The summed E-state index contributed by atoms with van der Waals surface area (Å²) in [6.07, 6.45) is 2.12. The van der Waals surface area contributed by atoms with E-state index in [1.54, 1.807) is 0 Å². The maximum atomic E-state index is 11.5. The minimum absolute atomic E-state index is 0.00352. The van der Waals surface area contributed by atoms with Crippen molar-refractivity contribution in [2.75, 3.05) is 6.61 Å². The SMILES string of the molecule is CCC(CC(C)C)NC(=O)COC(C)C. The molecule has 0 bridgehead atoms. The van der Waals surface area contributed by atoms with Crippen LogP contribution in [0, 0.1) is 5.92 Å². The Kier molecular flexibility index (Phi) is 7.39. The number of carbonyl (C=O) groups is 1. The van der Waals surface area contributed by atoms with Gasteiger partial charge in [0.25, 0.3) is 0 Å². The fourth-order valence-electron chi connectivity index (χ4n) is 1.41. The maximum absolute atomic E-state index is 11.5. The number of rotatable bonds is 7. The van der Waals surface area contributed by atoms with Gasteiger partial charge in [-0.2, -0.15) is 0 Å². The molecule has 0 saturated carbocycles. The quantitative estimate of drug-likeness (QED) is 0.708. The number of hydrogen-bond donors (Lipinski definition) is 1. The summed E-state index contributed by atoms with van der Waals surface area (Å²) in [5.74, 6) is 0.609. The summed E-state index contributed by atoms with van der Waals surface area (Å²) in [6, 6.07) is 0.285. The molecule has 15 heavy (non-hydrogen) atoms. The van der Waals surface area contributed by atoms with Crippen LogP contribution in [-0.2, 0) is 9.53 Å². The molecule has 90 valence electrons. The van der Waals surface area contributed by atoms with Crippen molar-refractivity contribution in [2.24, 2.45) is 5.92 Å². The van der Waals surface area contributed by atoms with Crippen molar-refractivity contribution in [3.8, 4) is 0 Å². The monoisotopic (exact) mass is 215 g/mol.